The van der Waals surface area contributed by atoms with Gasteiger partial charge in [-0.15, -0.1) is 0 Å². The Kier molecular flexibility index (Phi) is 2.36. The number of halogens is 1. The van der Waals surface area contributed by atoms with Gasteiger partial charge in [0.25, 0.3) is 0 Å². The molecule has 0 unspecified atom stereocenters. The molecule has 0 bridgehead atoms. The zero-order valence-electron chi connectivity index (χ0n) is 5.82. The minimum absolute atomic E-state index is 0.307. The molecule has 0 aromatic carbocycles. The van der Waals surface area contributed by atoms with Crippen molar-refractivity contribution >= 4 is 11.6 Å². The summed E-state index contributed by atoms with van der Waals surface area (Å²) in [4.78, 5) is 0. The Balaban J connectivity index is 2.37. The Hall–Kier alpha value is 0.250. The summed E-state index contributed by atoms with van der Waals surface area (Å²) in [6.07, 6.45) is 5.79. The Morgan fingerprint density at radius 1 is 1.22 bits per heavy atom. The lowest BCUT2D eigenvalue weighted by Gasteiger charge is -2.29. The molecule has 2 heteroatoms. The highest BCUT2D eigenvalue weighted by Gasteiger charge is 2.28. The van der Waals surface area contributed by atoms with Crippen molar-refractivity contribution < 1.29 is 4.74 Å². The molecule has 1 aliphatic rings. The number of hydrogen-bond donors (Lipinski definition) is 0. The molecule has 54 valence electrons. The maximum absolute atomic E-state index is 6.04. The van der Waals surface area contributed by atoms with Crippen molar-refractivity contribution in [2.24, 2.45) is 0 Å². The number of hydrogen-bond acceptors (Lipinski definition) is 1. The summed E-state index contributed by atoms with van der Waals surface area (Å²) < 4.78 is 5.14. The first-order valence-corrected chi connectivity index (χ1v) is 3.89. The summed E-state index contributed by atoms with van der Waals surface area (Å²) in [5.74, 6) is 0. The van der Waals surface area contributed by atoms with Crippen molar-refractivity contribution in [1.82, 2.24) is 0 Å². The molecule has 0 aromatic heterocycles. The van der Waals surface area contributed by atoms with E-state index in [-0.39, 0.29) is 5.06 Å². The Morgan fingerprint density at radius 2 is 1.78 bits per heavy atom. The van der Waals surface area contributed by atoms with Crippen LogP contribution in [0.1, 0.15) is 32.1 Å². The van der Waals surface area contributed by atoms with E-state index in [1.54, 1.807) is 7.11 Å². The quantitative estimate of drug-likeness (QED) is 0.520. The fourth-order valence-electron chi connectivity index (χ4n) is 1.28. The minimum Gasteiger partial charge on any atom is -0.363 e. The Labute approximate surface area is 61.3 Å². The van der Waals surface area contributed by atoms with E-state index < -0.39 is 0 Å². The van der Waals surface area contributed by atoms with Gasteiger partial charge >= 0.3 is 0 Å². The Morgan fingerprint density at radius 3 is 2.11 bits per heavy atom. The van der Waals surface area contributed by atoms with Crippen LogP contribution in [0.25, 0.3) is 0 Å². The first kappa shape index (κ1) is 7.36. The third-order valence-electron chi connectivity index (χ3n) is 1.97. The zero-order valence-corrected chi connectivity index (χ0v) is 6.58. The summed E-state index contributed by atoms with van der Waals surface area (Å²) in [6.45, 7) is 0. The number of methoxy groups -OCH3 is 1. The van der Waals surface area contributed by atoms with Gasteiger partial charge in [0.05, 0.1) is 0 Å². The fourth-order valence-corrected chi connectivity index (χ4v) is 1.55. The second-order valence-electron chi connectivity index (χ2n) is 2.65. The van der Waals surface area contributed by atoms with Gasteiger partial charge in [-0.3, -0.25) is 0 Å². The normalized spacial score (nSPS) is 26.0. The molecule has 1 fully saturated rings. The highest BCUT2D eigenvalue weighted by atomic mass is 35.5. The van der Waals surface area contributed by atoms with Crippen LogP contribution in [0.4, 0.5) is 0 Å². The van der Waals surface area contributed by atoms with E-state index in [2.05, 4.69) is 0 Å². The molecule has 0 heterocycles. The van der Waals surface area contributed by atoms with E-state index in [0.29, 0.717) is 0 Å². The molecule has 0 saturated heterocycles. The minimum atomic E-state index is -0.307. The lowest BCUT2D eigenvalue weighted by Crippen LogP contribution is -2.26. The van der Waals surface area contributed by atoms with Crippen LogP contribution in [-0.2, 0) is 4.74 Å². The number of alkyl halides is 1. The van der Waals surface area contributed by atoms with E-state index in [0.717, 1.165) is 12.8 Å². The zero-order chi connectivity index (χ0) is 6.74. The van der Waals surface area contributed by atoms with Crippen LogP contribution in [0.2, 0.25) is 0 Å². The van der Waals surface area contributed by atoms with E-state index in [1.807, 2.05) is 0 Å². The van der Waals surface area contributed by atoms with Gasteiger partial charge in [-0.25, -0.2) is 0 Å². The Bertz CT molecular complexity index is 86.9. The van der Waals surface area contributed by atoms with Gasteiger partial charge in [-0.1, -0.05) is 18.0 Å². The lowest BCUT2D eigenvalue weighted by molar-refractivity contribution is 0.0326. The van der Waals surface area contributed by atoms with Gasteiger partial charge < -0.3 is 4.74 Å². The molecule has 1 nitrogen and oxygen atoms in total. The summed E-state index contributed by atoms with van der Waals surface area (Å²) in [5, 5.41) is -0.307. The summed E-state index contributed by atoms with van der Waals surface area (Å²) >= 11 is 6.04. The molecule has 0 N–H and O–H groups in total. The van der Waals surface area contributed by atoms with Crippen LogP contribution >= 0.6 is 11.6 Å². The van der Waals surface area contributed by atoms with Gasteiger partial charge in [0.2, 0.25) is 0 Å². The third kappa shape index (κ3) is 1.84. The van der Waals surface area contributed by atoms with Crippen LogP contribution in [-0.4, -0.2) is 12.2 Å². The largest absolute Gasteiger partial charge is 0.363 e. The maximum atomic E-state index is 6.04. The molecule has 9 heavy (non-hydrogen) atoms. The second kappa shape index (κ2) is 2.89. The average Bonchev–Trinajstić information content (AvgIpc) is 1.90. The molecular weight excluding hydrogens is 136 g/mol. The van der Waals surface area contributed by atoms with Crippen LogP contribution in [0.3, 0.4) is 0 Å². The summed E-state index contributed by atoms with van der Waals surface area (Å²) in [6, 6.07) is 0. The first-order chi connectivity index (χ1) is 4.27. The molecule has 0 radical (unpaired) electrons. The number of ether oxygens (including phenoxy) is 1. The third-order valence-corrected chi connectivity index (χ3v) is 2.50. The lowest BCUT2D eigenvalue weighted by atomic mass is 9.97. The highest BCUT2D eigenvalue weighted by molar-refractivity contribution is 6.22. The molecule has 0 aliphatic heterocycles. The van der Waals surface area contributed by atoms with Gasteiger partial charge in [0.1, 0.15) is 5.06 Å². The van der Waals surface area contributed by atoms with Crippen LogP contribution in [0, 0.1) is 0 Å². The maximum Gasteiger partial charge on any atom is 0.141 e. The van der Waals surface area contributed by atoms with E-state index in [9.17, 15) is 0 Å². The molecular formula is C7H13ClO. The van der Waals surface area contributed by atoms with Crippen molar-refractivity contribution in [2.75, 3.05) is 7.11 Å². The predicted molar refractivity (Wildman–Crippen MR) is 38.7 cm³/mol. The van der Waals surface area contributed by atoms with Crippen LogP contribution in [0.15, 0.2) is 0 Å². The molecule has 0 atom stereocenters. The van der Waals surface area contributed by atoms with Crippen LogP contribution in [0.5, 0.6) is 0 Å². The van der Waals surface area contributed by atoms with Gasteiger partial charge in [-0.05, 0) is 25.7 Å². The van der Waals surface area contributed by atoms with Crippen molar-refractivity contribution in [2.45, 2.75) is 37.2 Å². The van der Waals surface area contributed by atoms with Crippen molar-refractivity contribution in [3.63, 3.8) is 0 Å². The SMILES string of the molecule is COC1(Cl)CCCCC1. The van der Waals surface area contributed by atoms with E-state index in [1.165, 1.54) is 19.3 Å². The van der Waals surface area contributed by atoms with Crippen LogP contribution < -0.4 is 0 Å². The van der Waals surface area contributed by atoms with Crippen molar-refractivity contribution in [1.29, 1.82) is 0 Å². The topological polar surface area (TPSA) is 9.23 Å². The molecule has 0 aromatic rings. The van der Waals surface area contributed by atoms with Gasteiger partial charge in [0.15, 0.2) is 0 Å². The molecule has 1 rings (SSSR count). The second-order valence-corrected chi connectivity index (χ2v) is 3.34. The first-order valence-electron chi connectivity index (χ1n) is 3.51. The average molecular weight is 149 g/mol. The standard InChI is InChI=1S/C7H13ClO/c1-9-7(8)5-3-2-4-6-7/h2-6H2,1H3. The van der Waals surface area contributed by atoms with Crippen molar-refractivity contribution in [3.05, 3.63) is 0 Å². The van der Waals surface area contributed by atoms with E-state index in [4.69, 9.17) is 16.3 Å². The highest BCUT2D eigenvalue weighted by Crippen LogP contribution is 2.34. The molecule has 0 amide bonds. The summed E-state index contributed by atoms with van der Waals surface area (Å²) in [7, 11) is 1.69. The smallest absolute Gasteiger partial charge is 0.141 e. The van der Waals surface area contributed by atoms with E-state index >= 15 is 0 Å². The summed E-state index contributed by atoms with van der Waals surface area (Å²) in [5.41, 5.74) is 0. The van der Waals surface area contributed by atoms with Gasteiger partial charge in [-0.2, -0.15) is 0 Å². The molecule has 0 spiro atoms. The monoisotopic (exact) mass is 148 g/mol. The van der Waals surface area contributed by atoms with Gasteiger partial charge in [0, 0.05) is 7.11 Å². The fraction of sp³-hybridized carbons (Fsp3) is 1.00. The molecule has 1 saturated carbocycles. The number of rotatable bonds is 1. The molecule has 1 aliphatic carbocycles. The van der Waals surface area contributed by atoms with Crippen molar-refractivity contribution in [3.8, 4) is 0 Å². The predicted octanol–water partition coefficient (Wildman–Crippen LogP) is 2.53.